The highest BCUT2D eigenvalue weighted by Gasteiger charge is 2.53. The number of hydrazine groups is 1. The summed E-state index contributed by atoms with van der Waals surface area (Å²) in [6.07, 6.45) is -3.25. The summed E-state index contributed by atoms with van der Waals surface area (Å²) >= 11 is 6.13. The fraction of sp³-hybridized carbons (Fsp3) is 0.394. The van der Waals surface area contributed by atoms with Gasteiger partial charge in [0, 0.05) is 42.3 Å². The lowest BCUT2D eigenvalue weighted by atomic mass is 9.90. The third-order valence-corrected chi connectivity index (χ3v) is 9.23. The Labute approximate surface area is 300 Å². The highest BCUT2D eigenvalue weighted by atomic mass is 35.5. The topological polar surface area (TPSA) is 120 Å². The van der Waals surface area contributed by atoms with Crippen molar-refractivity contribution in [3.63, 3.8) is 0 Å². The van der Waals surface area contributed by atoms with Crippen LogP contribution in [0.3, 0.4) is 0 Å². The number of hydrogen-bond donors (Lipinski definition) is 2. The number of benzene rings is 2. The number of anilines is 1. The number of rotatable bonds is 9. The van der Waals surface area contributed by atoms with Gasteiger partial charge in [0.2, 0.25) is 5.82 Å². The summed E-state index contributed by atoms with van der Waals surface area (Å²) in [6.45, 7) is 4.57. The van der Waals surface area contributed by atoms with Gasteiger partial charge in [-0.1, -0.05) is 17.7 Å². The van der Waals surface area contributed by atoms with Gasteiger partial charge >= 0.3 is 6.18 Å². The average Bonchev–Trinajstić information content (AvgIpc) is 3.49. The number of carbonyl (C=O) groups is 2. The first-order chi connectivity index (χ1) is 23.8. The molecule has 2 aromatic carbocycles. The summed E-state index contributed by atoms with van der Waals surface area (Å²) in [7, 11) is 0. The second kappa shape index (κ2) is 15.3. The van der Waals surface area contributed by atoms with E-state index in [-0.39, 0.29) is 58.8 Å². The van der Waals surface area contributed by atoms with Gasteiger partial charge in [0.15, 0.2) is 11.6 Å². The molecule has 11 nitrogen and oxygen atoms in total. The van der Waals surface area contributed by atoms with E-state index in [1.54, 1.807) is 6.92 Å². The second-order valence-corrected chi connectivity index (χ2v) is 12.6. The van der Waals surface area contributed by atoms with Crippen molar-refractivity contribution >= 4 is 41.5 Å². The Kier molecular flexibility index (Phi) is 11.4. The molecule has 51 heavy (non-hydrogen) atoms. The fourth-order valence-electron chi connectivity index (χ4n) is 6.31. The number of aliphatic hydroxyl groups is 1. The molecule has 0 aliphatic carbocycles. The van der Waals surface area contributed by atoms with Crippen LogP contribution in [0.15, 0.2) is 54.1 Å². The van der Waals surface area contributed by atoms with Crippen LogP contribution in [0.2, 0.25) is 5.02 Å². The Hall–Kier alpha value is -4.09. The minimum Gasteiger partial charge on any atom is -0.509 e. The van der Waals surface area contributed by atoms with Crippen molar-refractivity contribution < 1.29 is 46.1 Å². The quantitative estimate of drug-likeness (QED) is 0.207. The van der Waals surface area contributed by atoms with Crippen LogP contribution in [-0.2, 0) is 27.0 Å². The summed E-state index contributed by atoms with van der Waals surface area (Å²) in [4.78, 5) is 37.0. The van der Waals surface area contributed by atoms with Crippen LogP contribution < -0.4 is 10.1 Å². The molecule has 6 rings (SSSR count). The number of halogens is 7. The molecule has 2 amide bonds. The maximum absolute atomic E-state index is 15.5. The number of ether oxygens (including phenoxy) is 2. The van der Waals surface area contributed by atoms with Crippen LogP contribution in [0.4, 0.5) is 27.6 Å². The Balaban J connectivity index is 0.00000504. The van der Waals surface area contributed by atoms with E-state index in [1.807, 2.05) is 0 Å². The number of aromatic nitrogens is 2. The summed E-state index contributed by atoms with van der Waals surface area (Å²) < 4.78 is 81.6. The molecule has 0 unspecified atom stereocenters. The third-order valence-electron chi connectivity index (χ3n) is 9.00. The highest BCUT2D eigenvalue weighted by Crippen LogP contribution is 2.42. The lowest BCUT2D eigenvalue weighted by molar-refractivity contribution is -0.160. The maximum Gasteiger partial charge on any atom is 0.433 e. The normalized spacial score (nSPS) is 19.9. The van der Waals surface area contributed by atoms with E-state index in [1.165, 1.54) is 35.3 Å². The molecule has 0 radical (unpaired) electrons. The zero-order chi connectivity index (χ0) is 35.8. The van der Waals surface area contributed by atoms with Crippen molar-refractivity contribution in [3.05, 3.63) is 82.0 Å². The van der Waals surface area contributed by atoms with Gasteiger partial charge in [-0.15, -0.1) is 12.4 Å². The predicted octanol–water partition coefficient (Wildman–Crippen LogP) is 5.79. The molecule has 4 heterocycles. The van der Waals surface area contributed by atoms with Crippen LogP contribution in [0.5, 0.6) is 5.75 Å². The number of hydrogen-bond acceptors (Lipinski definition) is 9. The number of morpholine rings is 1. The fourth-order valence-corrected chi connectivity index (χ4v) is 6.48. The van der Waals surface area contributed by atoms with Gasteiger partial charge in [-0.05, 0) is 50.1 Å². The number of fused-ring (bicyclic) bond motifs is 1. The molecule has 18 heteroatoms. The van der Waals surface area contributed by atoms with Crippen LogP contribution in [0, 0.1) is 11.6 Å². The van der Waals surface area contributed by atoms with Gasteiger partial charge in [-0.2, -0.15) is 17.6 Å². The van der Waals surface area contributed by atoms with Crippen molar-refractivity contribution in [2.75, 3.05) is 51.3 Å². The lowest BCUT2D eigenvalue weighted by Crippen LogP contribution is -2.60. The number of alkyl halides is 3. The maximum atomic E-state index is 15.5. The molecule has 2 fully saturated rings. The number of amides is 2. The molecule has 0 spiro atoms. The highest BCUT2D eigenvalue weighted by molar-refractivity contribution is 6.31. The molecule has 274 valence electrons. The third kappa shape index (κ3) is 7.74. The molecule has 1 aromatic heterocycles. The van der Waals surface area contributed by atoms with E-state index in [9.17, 15) is 27.9 Å². The smallest absolute Gasteiger partial charge is 0.433 e. The average molecular weight is 760 g/mol. The van der Waals surface area contributed by atoms with Gasteiger partial charge in [0.25, 0.3) is 11.8 Å². The van der Waals surface area contributed by atoms with Crippen molar-refractivity contribution in [2.24, 2.45) is 0 Å². The second-order valence-electron chi connectivity index (χ2n) is 12.2. The molecule has 0 bridgehead atoms. The van der Waals surface area contributed by atoms with E-state index in [2.05, 4.69) is 20.2 Å². The molecule has 3 aliphatic heterocycles. The first-order valence-corrected chi connectivity index (χ1v) is 16.1. The molecule has 1 atom stereocenters. The van der Waals surface area contributed by atoms with Crippen LogP contribution >= 0.6 is 24.0 Å². The van der Waals surface area contributed by atoms with Gasteiger partial charge < -0.3 is 19.9 Å². The van der Waals surface area contributed by atoms with E-state index >= 15 is 8.78 Å². The molecule has 2 saturated heterocycles. The summed E-state index contributed by atoms with van der Waals surface area (Å²) in [5, 5.41) is 16.6. The van der Waals surface area contributed by atoms with Crippen molar-refractivity contribution in [1.29, 1.82) is 0 Å². The van der Waals surface area contributed by atoms with E-state index in [0.29, 0.717) is 58.1 Å². The van der Waals surface area contributed by atoms with Gasteiger partial charge in [0.05, 0.1) is 36.7 Å². The molecule has 0 saturated carbocycles. The number of nitrogens with zero attached hydrogens (tertiary/aromatic N) is 5. The SMILES string of the molecule is C[C@@]12CCCN1N(Cc1ccc(OCCN3CCOCC3)c(F)c1F)C(=O)C(C(=O)Nc1ccc(Cl)cc1-c1cc(C(F)(F)F)ncn1)=C2O.Cl. The van der Waals surface area contributed by atoms with E-state index in [0.717, 1.165) is 5.01 Å². The minimum absolute atomic E-state index is 0. The Morgan fingerprint density at radius 3 is 2.57 bits per heavy atom. The summed E-state index contributed by atoms with van der Waals surface area (Å²) in [5.41, 5.74) is -3.66. The standard InChI is InChI=1S/C33H32ClF5N6O5.ClH/c1-32-7-2-8-45(32)44(17-19-3-6-24(28(36)27(19)35)50-14-11-43-9-12-49-13-10-43)31(48)26(29(32)46)30(47)42-22-5-4-20(34)15-21(22)23-16-25(33(37,38)39)41-18-40-23;/h3-6,15-16,18,46H,2,7-14,17H2,1H3,(H,42,47);1H/t32-;/m0./s1. The lowest BCUT2D eigenvalue weighted by Gasteiger charge is -2.46. The predicted molar refractivity (Wildman–Crippen MR) is 177 cm³/mol. The van der Waals surface area contributed by atoms with Crippen molar-refractivity contribution in [2.45, 2.75) is 38.0 Å². The number of aliphatic hydroxyl groups excluding tert-OH is 1. The monoisotopic (exact) mass is 758 g/mol. The molecular formula is C33H33Cl2F5N6O5. The number of nitrogens with one attached hydrogen (secondary N) is 1. The Bertz CT molecular complexity index is 1840. The Morgan fingerprint density at radius 2 is 1.84 bits per heavy atom. The zero-order valence-electron chi connectivity index (χ0n) is 27.1. The first-order valence-electron chi connectivity index (χ1n) is 15.7. The molecule has 3 aromatic rings. The zero-order valence-corrected chi connectivity index (χ0v) is 28.7. The largest absolute Gasteiger partial charge is 0.509 e. The van der Waals surface area contributed by atoms with Gasteiger partial charge in [-0.3, -0.25) is 19.5 Å². The van der Waals surface area contributed by atoms with Crippen molar-refractivity contribution in [3.8, 4) is 17.0 Å². The van der Waals surface area contributed by atoms with Crippen LogP contribution in [-0.4, -0.2) is 93.3 Å². The minimum atomic E-state index is -4.78. The molecule has 3 aliphatic rings. The van der Waals surface area contributed by atoms with Gasteiger partial charge in [0.1, 0.15) is 30.0 Å². The summed E-state index contributed by atoms with van der Waals surface area (Å²) in [5.74, 6) is -5.39. The van der Waals surface area contributed by atoms with E-state index in [4.69, 9.17) is 21.1 Å². The van der Waals surface area contributed by atoms with Gasteiger partial charge in [-0.25, -0.2) is 19.4 Å². The Morgan fingerprint density at radius 1 is 1.10 bits per heavy atom. The van der Waals surface area contributed by atoms with Crippen LogP contribution in [0.1, 0.15) is 31.0 Å². The molecular weight excluding hydrogens is 726 g/mol. The van der Waals surface area contributed by atoms with Crippen LogP contribution in [0.25, 0.3) is 11.3 Å². The first kappa shape index (κ1) is 38.1. The number of carbonyl (C=O) groups excluding carboxylic acids is 2. The summed E-state index contributed by atoms with van der Waals surface area (Å²) in [6, 6.07) is 7.18. The molecule has 2 N–H and O–H groups in total. The van der Waals surface area contributed by atoms with Crippen molar-refractivity contribution in [1.82, 2.24) is 24.9 Å². The van der Waals surface area contributed by atoms with E-state index < -0.39 is 58.7 Å².